The van der Waals surface area contributed by atoms with Crippen LogP contribution in [0.5, 0.6) is 0 Å². The number of carbonyl (C=O) groups is 1. The van der Waals surface area contributed by atoms with E-state index in [9.17, 15) is 9.90 Å². The fourth-order valence-electron chi connectivity index (χ4n) is 2.85. The Kier molecular flexibility index (Phi) is 4.78. The van der Waals surface area contributed by atoms with Crippen molar-refractivity contribution < 1.29 is 9.90 Å². The van der Waals surface area contributed by atoms with Gasteiger partial charge in [0.15, 0.2) is 0 Å². The number of hydrogen-bond donors (Lipinski definition) is 2. The maximum Gasteiger partial charge on any atom is 0.323 e. The molecule has 2 unspecified atom stereocenters. The molecule has 0 aromatic carbocycles. The van der Waals surface area contributed by atoms with Gasteiger partial charge in [-0.25, -0.2) is 0 Å². The summed E-state index contributed by atoms with van der Waals surface area (Å²) in [4.78, 5) is 13.9. The summed E-state index contributed by atoms with van der Waals surface area (Å²) in [6.07, 6.45) is 4.56. The Bertz CT molecular complexity index is 304. The highest BCUT2D eigenvalue weighted by Gasteiger charge is 2.44. The zero-order valence-corrected chi connectivity index (χ0v) is 12.4. The van der Waals surface area contributed by atoms with E-state index in [1.807, 2.05) is 0 Å². The molecular weight excluding hydrogens is 228 g/mol. The third kappa shape index (κ3) is 2.86. The van der Waals surface area contributed by atoms with Gasteiger partial charge in [-0.1, -0.05) is 6.92 Å². The molecule has 4 heteroatoms. The maximum atomic E-state index is 11.5. The van der Waals surface area contributed by atoms with Gasteiger partial charge in [0.2, 0.25) is 0 Å². The molecule has 0 aromatic rings. The van der Waals surface area contributed by atoms with E-state index in [0.717, 1.165) is 25.7 Å². The van der Waals surface area contributed by atoms with Crippen LogP contribution in [0.25, 0.3) is 0 Å². The summed E-state index contributed by atoms with van der Waals surface area (Å²) in [7, 11) is 3.89. The summed E-state index contributed by atoms with van der Waals surface area (Å²) in [6, 6.07) is 0.345. The molecule has 1 saturated carbocycles. The number of nitrogens with one attached hydrogen (secondary N) is 1. The van der Waals surface area contributed by atoms with Crippen LogP contribution in [0.3, 0.4) is 0 Å². The molecule has 0 aromatic heterocycles. The van der Waals surface area contributed by atoms with Crippen molar-refractivity contribution in [2.75, 3.05) is 14.1 Å². The van der Waals surface area contributed by atoms with Gasteiger partial charge in [-0.05, 0) is 60.0 Å². The molecule has 1 rings (SSSR count). The smallest absolute Gasteiger partial charge is 0.323 e. The predicted molar refractivity (Wildman–Crippen MR) is 73.8 cm³/mol. The molecule has 0 spiro atoms. The monoisotopic (exact) mass is 256 g/mol. The number of likely N-dealkylation sites (N-methyl/N-ethyl adjacent to an activating group) is 1. The van der Waals surface area contributed by atoms with E-state index in [1.165, 1.54) is 0 Å². The van der Waals surface area contributed by atoms with E-state index >= 15 is 0 Å². The first-order chi connectivity index (χ1) is 8.29. The molecule has 0 heterocycles. The largest absolute Gasteiger partial charge is 0.480 e. The topological polar surface area (TPSA) is 52.6 Å². The third-order valence-corrected chi connectivity index (χ3v) is 4.98. The highest BCUT2D eigenvalue weighted by Crippen LogP contribution is 2.34. The summed E-state index contributed by atoms with van der Waals surface area (Å²) in [5.74, 6) is -0.711. The van der Waals surface area contributed by atoms with E-state index in [2.05, 4.69) is 38.0 Å². The van der Waals surface area contributed by atoms with Crippen molar-refractivity contribution in [1.29, 1.82) is 0 Å². The van der Waals surface area contributed by atoms with Gasteiger partial charge in [0.1, 0.15) is 5.54 Å². The Hall–Kier alpha value is -0.610. The molecule has 0 bridgehead atoms. The first-order valence-corrected chi connectivity index (χ1v) is 6.94. The molecular formula is C14H28N2O2. The van der Waals surface area contributed by atoms with Crippen LogP contribution in [-0.2, 0) is 4.79 Å². The van der Waals surface area contributed by atoms with Gasteiger partial charge >= 0.3 is 5.97 Å². The van der Waals surface area contributed by atoms with Crippen LogP contribution in [0.1, 0.15) is 52.9 Å². The lowest BCUT2D eigenvalue weighted by Gasteiger charge is -2.46. The Labute approximate surface area is 111 Å². The number of nitrogens with zero attached hydrogens (tertiary/aromatic N) is 1. The standard InChI is InChI=1S/C14H28N2O2/c1-6-13(2,3)16(5)11-8-7-9-14(10-11,15-4)12(17)18/h11,15H,6-10H2,1-5H3,(H,17,18). The zero-order chi connectivity index (χ0) is 14.0. The molecule has 4 nitrogen and oxygen atoms in total. The minimum absolute atomic E-state index is 0.125. The summed E-state index contributed by atoms with van der Waals surface area (Å²) in [5.41, 5.74) is -0.610. The zero-order valence-electron chi connectivity index (χ0n) is 12.4. The fourth-order valence-corrected chi connectivity index (χ4v) is 2.85. The second kappa shape index (κ2) is 5.57. The van der Waals surface area contributed by atoms with Crippen LogP contribution in [0.15, 0.2) is 0 Å². The lowest BCUT2D eigenvalue weighted by molar-refractivity contribution is -0.147. The highest BCUT2D eigenvalue weighted by atomic mass is 16.4. The Morgan fingerprint density at radius 2 is 2.17 bits per heavy atom. The number of carboxylic acids is 1. The fraction of sp³-hybridized carbons (Fsp3) is 0.929. The van der Waals surface area contributed by atoms with Crippen LogP contribution >= 0.6 is 0 Å². The number of rotatable bonds is 5. The van der Waals surface area contributed by atoms with Gasteiger partial charge in [-0.3, -0.25) is 9.69 Å². The van der Waals surface area contributed by atoms with Gasteiger partial charge in [-0.15, -0.1) is 0 Å². The maximum absolute atomic E-state index is 11.5. The first-order valence-electron chi connectivity index (χ1n) is 6.94. The SMILES string of the molecule is CCC(C)(C)N(C)C1CCCC(NC)(C(=O)O)C1. The number of hydrogen-bond acceptors (Lipinski definition) is 3. The van der Waals surface area contributed by atoms with Crippen LogP contribution in [0, 0.1) is 0 Å². The molecule has 2 atom stereocenters. The van der Waals surface area contributed by atoms with Gasteiger partial charge in [0.05, 0.1) is 0 Å². The van der Waals surface area contributed by atoms with Crippen molar-refractivity contribution in [3.63, 3.8) is 0 Å². The Morgan fingerprint density at radius 1 is 1.56 bits per heavy atom. The van der Waals surface area contributed by atoms with Crippen LogP contribution < -0.4 is 5.32 Å². The molecule has 2 N–H and O–H groups in total. The van der Waals surface area contributed by atoms with Gasteiger partial charge < -0.3 is 10.4 Å². The van der Waals surface area contributed by atoms with E-state index < -0.39 is 11.5 Å². The highest BCUT2D eigenvalue weighted by molar-refractivity contribution is 5.79. The minimum Gasteiger partial charge on any atom is -0.480 e. The normalized spacial score (nSPS) is 29.6. The molecule has 1 aliphatic carbocycles. The molecule has 1 aliphatic rings. The number of carboxylic acid groups (broad SMARTS) is 1. The second-order valence-corrected chi connectivity index (χ2v) is 6.16. The first kappa shape index (κ1) is 15.4. The van der Waals surface area contributed by atoms with E-state index in [4.69, 9.17) is 0 Å². The average Bonchev–Trinajstić information content (AvgIpc) is 2.37. The molecule has 0 aliphatic heterocycles. The van der Waals surface area contributed by atoms with Gasteiger partial charge in [-0.2, -0.15) is 0 Å². The van der Waals surface area contributed by atoms with E-state index in [1.54, 1.807) is 7.05 Å². The summed E-state index contributed by atoms with van der Waals surface area (Å²) < 4.78 is 0. The Morgan fingerprint density at radius 3 is 2.61 bits per heavy atom. The molecule has 0 radical (unpaired) electrons. The van der Waals surface area contributed by atoms with Gasteiger partial charge in [0.25, 0.3) is 0 Å². The predicted octanol–water partition coefficient (Wildman–Crippen LogP) is 2.09. The third-order valence-electron chi connectivity index (χ3n) is 4.98. The van der Waals surface area contributed by atoms with Crippen LogP contribution in [-0.4, -0.2) is 47.2 Å². The second-order valence-electron chi connectivity index (χ2n) is 6.16. The molecule has 18 heavy (non-hydrogen) atoms. The van der Waals surface area contributed by atoms with Crippen molar-refractivity contribution in [3.8, 4) is 0 Å². The van der Waals surface area contributed by atoms with Crippen molar-refractivity contribution in [2.45, 2.75) is 70.0 Å². The van der Waals surface area contributed by atoms with E-state index in [0.29, 0.717) is 12.5 Å². The lowest BCUT2D eigenvalue weighted by Crippen LogP contribution is -2.59. The molecule has 0 amide bonds. The minimum atomic E-state index is -0.735. The molecule has 0 saturated heterocycles. The van der Waals surface area contributed by atoms with Crippen LogP contribution in [0.4, 0.5) is 0 Å². The summed E-state index contributed by atoms with van der Waals surface area (Å²) in [6.45, 7) is 6.63. The van der Waals surface area contributed by atoms with E-state index in [-0.39, 0.29) is 5.54 Å². The van der Waals surface area contributed by atoms with Crippen molar-refractivity contribution in [1.82, 2.24) is 10.2 Å². The van der Waals surface area contributed by atoms with Crippen LogP contribution in [0.2, 0.25) is 0 Å². The summed E-state index contributed by atoms with van der Waals surface area (Å²) >= 11 is 0. The quantitative estimate of drug-likeness (QED) is 0.791. The number of aliphatic carboxylic acids is 1. The van der Waals surface area contributed by atoms with Gasteiger partial charge in [0, 0.05) is 11.6 Å². The Balaban J connectivity index is 2.84. The van der Waals surface area contributed by atoms with Crippen molar-refractivity contribution >= 4 is 5.97 Å². The van der Waals surface area contributed by atoms with Crippen molar-refractivity contribution in [3.05, 3.63) is 0 Å². The lowest BCUT2D eigenvalue weighted by atomic mass is 9.77. The molecule has 1 fully saturated rings. The average molecular weight is 256 g/mol. The van der Waals surface area contributed by atoms with Crippen molar-refractivity contribution in [2.24, 2.45) is 0 Å². The summed E-state index contributed by atoms with van der Waals surface area (Å²) in [5, 5.41) is 12.5. The molecule has 106 valence electrons.